The van der Waals surface area contributed by atoms with Gasteiger partial charge in [-0.3, -0.25) is 4.90 Å². The molecular weight excluding hydrogens is 208 g/mol. The normalized spacial score (nSPS) is 12.1. The topological polar surface area (TPSA) is 29.3 Å². The van der Waals surface area contributed by atoms with Gasteiger partial charge in [0.15, 0.2) is 0 Å². The number of hydrogen-bond donors (Lipinski definition) is 1. The second-order valence-corrected chi connectivity index (χ2v) is 5.86. The van der Waals surface area contributed by atoms with Gasteiger partial charge >= 0.3 is 0 Å². The Balaban J connectivity index is 2.49. The second-order valence-electron chi connectivity index (χ2n) is 5.86. The summed E-state index contributed by atoms with van der Waals surface area (Å²) < 4.78 is 0. The molecule has 0 aliphatic carbocycles. The van der Waals surface area contributed by atoms with Crippen LogP contribution in [0.2, 0.25) is 0 Å². The molecule has 0 aliphatic heterocycles. The van der Waals surface area contributed by atoms with Crippen LogP contribution in [0.5, 0.6) is 0 Å². The maximum absolute atomic E-state index is 5.68. The van der Waals surface area contributed by atoms with Crippen LogP contribution in [0.15, 0.2) is 30.3 Å². The summed E-state index contributed by atoms with van der Waals surface area (Å²) >= 11 is 0. The molecule has 0 saturated carbocycles. The SMILES string of the molecule is CC(C)(C)CCN(CCN)Cc1ccccc1. The van der Waals surface area contributed by atoms with Gasteiger partial charge in [-0.15, -0.1) is 0 Å². The molecule has 0 unspecified atom stereocenters. The lowest BCUT2D eigenvalue weighted by molar-refractivity contribution is 0.225. The van der Waals surface area contributed by atoms with Gasteiger partial charge in [-0.2, -0.15) is 0 Å². The zero-order chi connectivity index (χ0) is 12.7. The maximum Gasteiger partial charge on any atom is 0.0234 e. The summed E-state index contributed by atoms with van der Waals surface area (Å²) in [5.74, 6) is 0. The van der Waals surface area contributed by atoms with Gasteiger partial charge in [-0.05, 0) is 23.9 Å². The summed E-state index contributed by atoms with van der Waals surface area (Å²) in [7, 11) is 0. The van der Waals surface area contributed by atoms with Crippen molar-refractivity contribution in [2.75, 3.05) is 19.6 Å². The van der Waals surface area contributed by atoms with Crippen LogP contribution in [0, 0.1) is 5.41 Å². The number of benzene rings is 1. The Morgan fingerprint density at radius 1 is 1.06 bits per heavy atom. The largest absolute Gasteiger partial charge is 0.329 e. The lowest BCUT2D eigenvalue weighted by atomic mass is 9.92. The van der Waals surface area contributed by atoms with Crippen LogP contribution < -0.4 is 5.73 Å². The van der Waals surface area contributed by atoms with Crippen LogP contribution in [0.25, 0.3) is 0 Å². The van der Waals surface area contributed by atoms with E-state index >= 15 is 0 Å². The molecule has 2 N–H and O–H groups in total. The van der Waals surface area contributed by atoms with E-state index in [9.17, 15) is 0 Å². The Morgan fingerprint density at radius 3 is 2.24 bits per heavy atom. The highest BCUT2D eigenvalue weighted by Crippen LogP contribution is 2.19. The van der Waals surface area contributed by atoms with Crippen LogP contribution in [0.3, 0.4) is 0 Å². The van der Waals surface area contributed by atoms with E-state index in [0.717, 1.165) is 26.2 Å². The molecule has 2 heteroatoms. The number of nitrogens with zero attached hydrogens (tertiary/aromatic N) is 1. The lowest BCUT2D eigenvalue weighted by Crippen LogP contribution is -2.31. The highest BCUT2D eigenvalue weighted by molar-refractivity contribution is 5.14. The molecule has 0 radical (unpaired) electrons. The fourth-order valence-corrected chi connectivity index (χ4v) is 1.79. The molecule has 0 aromatic heterocycles. The number of rotatable bonds is 6. The first kappa shape index (κ1) is 14.2. The van der Waals surface area contributed by atoms with Crippen molar-refractivity contribution >= 4 is 0 Å². The average Bonchev–Trinajstić information content (AvgIpc) is 2.27. The minimum absolute atomic E-state index is 0.392. The monoisotopic (exact) mass is 234 g/mol. The second kappa shape index (κ2) is 6.77. The van der Waals surface area contributed by atoms with Crippen LogP contribution in [-0.2, 0) is 6.54 Å². The van der Waals surface area contributed by atoms with Gasteiger partial charge in [0.05, 0.1) is 0 Å². The van der Waals surface area contributed by atoms with Crippen molar-refractivity contribution in [1.82, 2.24) is 4.90 Å². The Morgan fingerprint density at radius 2 is 1.71 bits per heavy atom. The highest BCUT2D eigenvalue weighted by atomic mass is 15.1. The van der Waals surface area contributed by atoms with Gasteiger partial charge in [-0.25, -0.2) is 0 Å². The zero-order valence-electron chi connectivity index (χ0n) is 11.4. The van der Waals surface area contributed by atoms with E-state index in [1.807, 2.05) is 0 Å². The Bertz CT molecular complexity index is 300. The van der Waals surface area contributed by atoms with Crippen molar-refractivity contribution in [3.8, 4) is 0 Å². The van der Waals surface area contributed by atoms with Crippen LogP contribution in [-0.4, -0.2) is 24.5 Å². The van der Waals surface area contributed by atoms with Gasteiger partial charge in [0, 0.05) is 19.6 Å². The molecule has 2 nitrogen and oxygen atoms in total. The van der Waals surface area contributed by atoms with Crippen molar-refractivity contribution in [1.29, 1.82) is 0 Å². The van der Waals surface area contributed by atoms with Crippen molar-refractivity contribution < 1.29 is 0 Å². The molecule has 0 aliphatic rings. The standard InChI is InChI=1S/C15H26N2/c1-15(2,3)9-11-17(12-10-16)13-14-7-5-4-6-8-14/h4-8H,9-13,16H2,1-3H3. The quantitative estimate of drug-likeness (QED) is 0.820. The van der Waals surface area contributed by atoms with Gasteiger partial charge in [-0.1, -0.05) is 51.1 Å². The zero-order valence-corrected chi connectivity index (χ0v) is 11.4. The van der Waals surface area contributed by atoms with Crippen molar-refractivity contribution in [3.63, 3.8) is 0 Å². The Hall–Kier alpha value is -0.860. The molecule has 0 bridgehead atoms. The fourth-order valence-electron chi connectivity index (χ4n) is 1.79. The predicted molar refractivity (Wildman–Crippen MR) is 74.8 cm³/mol. The molecule has 96 valence electrons. The summed E-state index contributed by atoms with van der Waals surface area (Å²) in [5, 5.41) is 0. The predicted octanol–water partition coefficient (Wildman–Crippen LogP) is 2.88. The molecule has 0 fully saturated rings. The summed E-state index contributed by atoms with van der Waals surface area (Å²) in [4.78, 5) is 2.45. The molecule has 0 amide bonds. The Kier molecular flexibility index (Phi) is 5.66. The first-order valence-corrected chi connectivity index (χ1v) is 6.47. The van der Waals surface area contributed by atoms with Gasteiger partial charge in [0.25, 0.3) is 0 Å². The van der Waals surface area contributed by atoms with E-state index in [1.54, 1.807) is 0 Å². The number of nitrogens with two attached hydrogens (primary N) is 1. The fraction of sp³-hybridized carbons (Fsp3) is 0.600. The highest BCUT2D eigenvalue weighted by Gasteiger charge is 2.13. The van der Waals surface area contributed by atoms with Crippen LogP contribution in [0.4, 0.5) is 0 Å². The average molecular weight is 234 g/mol. The van der Waals surface area contributed by atoms with Crippen molar-refractivity contribution in [2.24, 2.45) is 11.1 Å². The molecule has 0 heterocycles. The van der Waals surface area contributed by atoms with Crippen LogP contribution in [0.1, 0.15) is 32.8 Å². The van der Waals surface area contributed by atoms with E-state index in [0.29, 0.717) is 5.41 Å². The van der Waals surface area contributed by atoms with E-state index < -0.39 is 0 Å². The minimum atomic E-state index is 0.392. The third kappa shape index (κ3) is 6.44. The Labute approximate surface area is 106 Å². The van der Waals surface area contributed by atoms with Gasteiger partial charge in [0.2, 0.25) is 0 Å². The molecule has 1 aromatic rings. The maximum atomic E-state index is 5.68. The van der Waals surface area contributed by atoms with Crippen LogP contribution >= 0.6 is 0 Å². The van der Waals surface area contributed by atoms with E-state index in [1.165, 1.54) is 12.0 Å². The smallest absolute Gasteiger partial charge is 0.0234 e. The summed E-state index contributed by atoms with van der Waals surface area (Å²) in [5.41, 5.74) is 7.44. The molecular formula is C15H26N2. The third-order valence-corrected chi connectivity index (χ3v) is 2.87. The summed E-state index contributed by atoms with van der Waals surface area (Å²) in [6.07, 6.45) is 1.21. The van der Waals surface area contributed by atoms with E-state index in [-0.39, 0.29) is 0 Å². The first-order chi connectivity index (χ1) is 8.01. The molecule has 0 saturated heterocycles. The van der Waals surface area contributed by atoms with E-state index in [4.69, 9.17) is 5.73 Å². The van der Waals surface area contributed by atoms with Gasteiger partial charge < -0.3 is 5.73 Å². The first-order valence-electron chi connectivity index (χ1n) is 6.47. The number of hydrogen-bond acceptors (Lipinski definition) is 2. The molecule has 1 rings (SSSR count). The minimum Gasteiger partial charge on any atom is -0.329 e. The molecule has 1 aromatic carbocycles. The lowest BCUT2D eigenvalue weighted by Gasteiger charge is -2.26. The molecule has 0 spiro atoms. The summed E-state index contributed by atoms with van der Waals surface area (Å²) in [6, 6.07) is 10.6. The summed E-state index contributed by atoms with van der Waals surface area (Å²) in [6.45, 7) is 10.7. The van der Waals surface area contributed by atoms with Crippen molar-refractivity contribution in [2.45, 2.75) is 33.7 Å². The molecule has 0 atom stereocenters. The van der Waals surface area contributed by atoms with Crippen molar-refractivity contribution in [3.05, 3.63) is 35.9 Å². The van der Waals surface area contributed by atoms with Gasteiger partial charge in [0.1, 0.15) is 0 Å². The van der Waals surface area contributed by atoms with E-state index in [2.05, 4.69) is 56.0 Å². The molecule has 17 heavy (non-hydrogen) atoms. The third-order valence-electron chi connectivity index (χ3n) is 2.87.